The van der Waals surface area contributed by atoms with E-state index in [1.54, 1.807) is 5.54 Å². The maximum atomic E-state index is 5.73. The zero-order chi connectivity index (χ0) is 10.3. The minimum Gasteiger partial charge on any atom is -0.308 e. The fraction of sp³-hybridized carbons (Fsp3) is 0.800. The summed E-state index contributed by atoms with van der Waals surface area (Å²) in [4.78, 5) is 0. The van der Waals surface area contributed by atoms with Crippen LogP contribution in [0.5, 0.6) is 0 Å². The van der Waals surface area contributed by atoms with Crippen molar-refractivity contribution in [3.05, 3.63) is 11.1 Å². The smallest absolute Gasteiger partial charge is 0.0240 e. The van der Waals surface area contributed by atoms with Crippen LogP contribution in [0.1, 0.15) is 33.6 Å². The van der Waals surface area contributed by atoms with Crippen LogP contribution in [0.2, 0.25) is 0 Å². The highest BCUT2D eigenvalue weighted by Gasteiger charge is 2.19. The summed E-state index contributed by atoms with van der Waals surface area (Å²) < 4.78 is 0. The molecule has 1 nitrogen and oxygen atoms in total. The molecule has 0 radical (unpaired) electrons. The highest BCUT2D eigenvalue weighted by molar-refractivity contribution is 6.25. The first-order valence-electron chi connectivity index (χ1n) is 4.65. The fourth-order valence-corrected chi connectivity index (χ4v) is 1.48. The molecule has 0 heterocycles. The average molecular weight is 224 g/mol. The van der Waals surface area contributed by atoms with Crippen molar-refractivity contribution in [3.8, 4) is 0 Å². The number of alkyl halides is 1. The molecule has 1 unspecified atom stereocenters. The summed E-state index contributed by atoms with van der Waals surface area (Å²) in [6.07, 6.45) is 2.07. The molecule has 0 fully saturated rings. The Morgan fingerprint density at radius 2 is 2.15 bits per heavy atom. The van der Waals surface area contributed by atoms with E-state index in [1.165, 1.54) is 0 Å². The molecule has 0 aromatic carbocycles. The molecular weight excluding hydrogens is 205 g/mol. The lowest BCUT2D eigenvalue weighted by Gasteiger charge is -2.29. The van der Waals surface area contributed by atoms with Crippen LogP contribution >= 0.6 is 23.2 Å². The highest BCUT2D eigenvalue weighted by Crippen LogP contribution is 2.15. The van der Waals surface area contributed by atoms with Gasteiger partial charge in [-0.05, 0) is 32.3 Å². The number of halogens is 2. The molecule has 0 bridgehead atoms. The molecule has 0 aliphatic heterocycles. The summed E-state index contributed by atoms with van der Waals surface area (Å²) in [7, 11) is 0. The van der Waals surface area contributed by atoms with Crippen molar-refractivity contribution in [1.29, 1.82) is 0 Å². The minimum atomic E-state index is 0.142. The van der Waals surface area contributed by atoms with E-state index in [9.17, 15) is 0 Å². The van der Waals surface area contributed by atoms with Gasteiger partial charge in [0.05, 0.1) is 0 Å². The molecule has 1 atom stereocenters. The quantitative estimate of drug-likeness (QED) is 0.680. The van der Waals surface area contributed by atoms with Crippen LogP contribution in [0.15, 0.2) is 11.1 Å². The van der Waals surface area contributed by atoms with Crippen molar-refractivity contribution < 1.29 is 0 Å². The number of nitrogens with one attached hydrogen (secondary N) is 1. The molecule has 0 saturated carbocycles. The molecule has 0 rings (SSSR count). The van der Waals surface area contributed by atoms with Crippen molar-refractivity contribution in [1.82, 2.24) is 5.32 Å². The van der Waals surface area contributed by atoms with E-state index in [4.69, 9.17) is 23.2 Å². The Morgan fingerprint density at radius 3 is 2.54 bits per heavy atom. The summed E-state index contributed by atoms with van der Waals surface area (Å²) in [5.74, 6) is 0.695. The van der Waals surface area contributed by atoms with Gasteiger partial charge in [-0.25, -0.2) is 0 Å². The van der Waals surface area contributed by atoms with E-state index in [-0.39, 0.29) is 5.54 Å². The predicted molar refractivity (Wildman–Crippen MR) is 61.6 cm³/mol. The molecule has 13 heavy (non-hydrogen) atoms. The molecule has 0 aliphatic rings. The van der Waals surface area contributed by atoms with Crippen LogP contribution in [-0.2, 0) is 0 Å². The van der Waals surface area contributed by atoms with Gasteiger partial charge in [0.25, 0.3) is 0 Å². The van der Waals surface area contributed by atoms with Gasteiger partial charge in [-0.15, -0.1) is 11.6 Å². The van der Waals surface area contributed by atoms with Crippen LogP contribution in [0.4, 0.5) is 0 Å². The Labute approximate surface area is 91.5 Å². The van der Waals surface area contributed by atoms with Gasteiger partial charge in [0.1, 0.15) is 0 Å². The van der Waals surface area contributed by atoms with E-state index in [2.05, 4.69) is 19.2 Å². The molecule has 0 aliphatic carbocycles. The highest BCUT2D eigenvalue weighted by atomic mass is 35.5. The number of hydrogen-bond acceptors (Lipinski definition) is 1. The molecular formula is C10H19Cl2N. The molecule has 1 N–H and O–H groups in total. The molecule has 3 heteroatoms. The SMILES string of the molecule is CCC(C)(CCCl)NCC(C)=CCl. The molecule has 0 spiro atoms. The standard InChI is InChI=1S/C10H19Cl2N/c1-4-10(3,5-6-11)13-8-9(2)7-12/h7,13H,4-6,8H2,1-3H3. The van der Waals surface area contributed by atoms with Crippen LogP contribution in [-0.4, -0.2) is 18.0 Å². The van der Waals surface area contributed by atoms with Gasteiger partial charge in [-0.1, -0.05) is 18.5 Å². The topological polar surface area (TPSA) is 12.0 Å². The lowest BCUT2D eigenvalue weighted by atomic mass is 9.95. The van der Waals surface area contributed by atoms with Crippen LogP contribution in [0, 0.1) is 0 Å². The van der Waals surface area contributed by atoms with Crippen LogP contribution in [0.25, 0.3) is 0 Å². The zero-order valence-corrected chi connectivity index (χ0v) is 10.2. The van der Waals surface area contributed by atoms with Gasteiger partial charge in [0.2, 0.25) is 0 Å². The van der Waals surface area contributed by atoms with Crippen molar-refractivity contribution in [2.24, 2.45) is 0 Å². The van der Waals surface area contributed by atoms with E-state index in [0.29, 0.717) is 5.88 Å². The first kappa shape index (κ1) is 13.3. The lowest BCUT2D eigenvalue weighted by molar-refractivity contribution is 0.345. The van der Waals surface area contributed by atoms with Crippen molar-refractivity contribution >= 4 is 23.2 Å². The van der Waals surface area contributed by atoms with Gasteiger partial charge in [-0.2, -0.15) is 0 Å². The first-order valence-corrected chi connectivity index (χ1v) is 5.62. The molecule has 0 amide bonds. The second-order valence-electron chi connectivity index (χ2n) is 3.66. The first-order chi connectivity index (χ1) is 6.08. The monoisotopic (exact) mass is 223 g/mol. The largest absolute Gasteiger partial charge is 0.308 e. The third kappa shape index (κ3) is 5.56. The van der Waals surface area contributed by atoms with E-state index >= 15 is 0 Å². The molecule has 0 saturated heterocycles. The zero-order valence-electron chi connectivity index (χ0n) is 8.66. The average Bonchev–Trinajstić information content (AvgIpc) is 2.15. The second kappa shape index (κ2) is 6.69. The maximum absolute atomic E-state index is 5.73. The lowest BCUT2D eigenvalue weighted by Crippen LogP contribution is -2.42. The van der Waals surface area contributed by atoms with E-state index in [0.717, 1.165) is 25.0 Å². The van der Waals surface area contributed by atoms with E-state index in [1.807, 2.05) is 6.92 Å². The van der Waals surface area contributed by atoms with Crippen molar-refractivity contribution in [3.63, 3.8) is 0 Å². The van der Waals surface area contributed by atoms with E-state index < -0.39 is 0 Å². The maximum Gasteiger partial charge on any atom is 0.0240 e. The van der Waals surface area contributed by atoms with Gasteiger partial charge in [-0.3, -0.25) is 0 Å². The third-order valence-corrected chi connectivity index (χ3v) is 2.97. The van der Waals surface area contributed by atoms with Gasteiger partial charge in [0, 0.05) is 23.5 Å². The Hall–Kier alpha value is 0.280. The molecule has 0 aromatic rings. The van der Waals surface area contributed by atoms with Gasteiger partial charge >= 0.3 is 0 Å². The second-order valence-corrected chi connectivity index (χ2v) is 4.26. The number of rotatable bonds is 6. The third-order valence-electron chi connectivity index (χ3n) is 2.41. The Balaban J connectivity index is 3.97. The minimum absolute atomic E-state index is 0.142. The van der Waals surface area contributed by atoms with Crippen molar-refractivity contribution in [2.75, 3.05) is 12.4 Å². The predicted octanol–water partition coefficient (Wildman–Crippen LogP) is 3.52. The van der Waals surface area contributed by atoms with Gasteiger partial charge < -0.3 is 5.32 Å². The Kier molecular flexibility index (Phi) is 6.84. The molecule has 78 valence electrons. The summed E-state index contributed by atoms with van der Waals surface area (Å²) in [6, 6.07) is 0. The normalized spacial score (nSPS) is 17.2. The Morgan fingerprint density at radius 1 is 1.54 bits per heavy atom. The van der Waals surface area contributed by atoms with Gasteiger partial charge in [0.15, 0.2) is 0 Å². The molecule has 0 aromatic heterocycles. The number of hydrogen-bond donors (Lipinski definition) is 1. The summed E-state index contributed by atoms with van der Waals surface area (Å²) in [5, 5.41) is 3.46. The van der Waals surface area contributed by atoms with Crippen LogP contribution < -0.4 is 5.32 Å². The fourth-order valence-electron chi connectivity index (χ4n) is 0.990. The summed E-state index contributed by atoms with van der Waals surface area (Å²) >= 11 is 11.3. The van der Waals surface area contributed by atoms with Crippen molar-refractivity contribution in [2.45, 2.75) is 39.2 Å². The summed E-state index contributed by atoms with van der Waals surface area (Å²) in [5.41, 5.74) is 2.91. The van der Waals surface area contributed by atoms with Crippen LogP contribution in [0.3, 0.4) is 0 Å². The Bertz CT molecular complexity index is 168. The summed E-state index contributed by atoms with van der Waals surface area (Å²) in [6.45, 7) is 7.21.